The first-order valence-corrected chi connectivity index (χ1v) is 4.30. The molecule has 0 radical (unpaired) electrons. The molecule has 0 amide bonds. The normalized spacial score (nSPS) is 11.8. The zero-order valence-corrected chi connectivity index (χ0v) is 7.88. The summed E-state index contributed by atoms with van der Waals surface area (Å²) in [5.41, 5.74) is 17.2. The highest BCUT2D eigenvalue weighted by Crippen LogP contribution is 2.18. The molecule has 0 aromatic carbocycles. The van der Waals surface area contributed by atoms with Crippen LogP contribution in [0.4, 0.5) is 0 Å². The van der Waals surface area contributed by atoms with Crippen LogP contribution in [0.15, 0.2) is 23.7 Å². The number of hydrogen-bond donors (Lipinski definition) is 3. The van der Waals surface area contributed by atoms with Crippen LogP contribution < -0.4 is 17.2 Å². The summed E-state index contributed by atoms with van der Waals surface area (Å²) in [6.45, 7) is 4.25. The van der Waals surface area contributed by atoms with Crippen LogP contribution in [0.5, 0.6) is 0 Å². The average molecular weight is 169 g/mol. The Labute approximate surface area is 74.3 Å². The summed E-state index contributed by atoms with van der Waals surface area (Å²) in [5.74, 6) is 0.788. The summed E-state index contributed by atoms with van der Waals surface area (Å²) in [6, 6.07) is 0. The summed E-state index contributed by atoms with van der Waals surface area (Å²) in [5, 5.41) is 0. The minimum Gasteiger partial charge on any atom is -0.404 e. The van der Waals surface area contributed by atoms with Crippen molar-refractivity contribution in [3.8, 4) is 0 Å². The van der Waals surface area contributed by atoms with Crippen molar-refractivity contribution in [1.82, 2.24) is 0 Å². The summed E-state index contributed by atoms with van der Waals surface area (Å²) < 4.78 is 0. The molecule has 0 bridgehead atoms. The van der Waals surface area contributed by atoms with Crippen molar-refractivity contribution < 1.29 is 0 Å². The Morgan fingerprint density at radius 2 is 1.75 bits per heavy atom. The molecule has 0 aliphatic carbocycles. The van der Waals surface area contributed by atoms with E-state index in [1.165, 1.54) is 0 Å². The molecule has 3 heteroatoms. The molecule has 3 nitrogen and oxygen atoms in total. The largest absolute Gasteiger partial charge is 0.404 e. The van der Waals surface area contributed by atoms with Crippen LogP contribution in [-0.2, 0) is 0 Å². The third-order valence-corrected chi connectivity index (χ3v) is 1.98. The van der Waals surface area contributed by atoms with Crippen LogP contribution in [0.1, 0.15) is 26.7 Å². The van der Waals surface area contributed by atoms with E-state index in [0.29, 0.717) is 11.7 Å². The fraction of sp³-hybridized carbons (Fsp3) is 0.556. The van der Waals surface area contributed by atoms with Crippen LogP contribution in [0.3, 0.4) is 0 Å². The molecule has 0 saturated heterocycles. The lowest BCUT2D eigenvalue weighted by atomic mass is 9.94. The molecular weight excluding hydrogens is 150 g/mol. The molecule has 6 N–H and O–H groups in total. The number of rotatable bonds is 4. The maximum Gasteiger partial charge on any atom is 0.0936 e. The van der Waals surface area contributed by atoms with E-state index in [1.807, 2.05) is 0 Å². The Bertz CT molecular complexity index is 174. The van der Waals surface area contributed by atoms with E-state index in [9.17, 15) is 0 Å². The summed E-state index contributed by atoms with van der Waals surface area (Å²) in [7, 11) is 0. The monoisotopic (exact) mass is 169 g/mol. The lowest BCUT2D eigenvalue weighted by Crippen LogP contribution is -2.11. The summed E-state index contributed by atoms with van der Waals surface area (Å²) >= 11 is 0. The van der Waals surface area contributed by atoms with Crippen molar-refractivity contribution in [3.63, 3.8) is 0 Å². The highest BCUT2D eigenvalue weighted by molar-refractivity contribution is 5.22. The lowest BCUT2D eigenvalue weighted by molar-refractivity contribution is 0.581. The third-order valence-electron chi connectivity index (χ3n) is 1.98. The molecule has 0 heterocycles. The van der Waals surface area contributed by atoms with E-state index in [1.54, 1.807) is 12.3 Å². The number of allylic oxidation sites excluding steroid dienone is 2. The van der Waals surface area contributed by atoms with Crippen LogP contribution in [0.2, 0.25) is 0 Å². The Hall–Kier alpha value is -1.12. The van der Waals surface area contributed by atoms with Crippen molar-refractivity contribution in [2.75, 3.05) is 0 Å². The fourth-order valence-electron chi connectivity index (χ4n) is 1.25. The third kappa shape index (κ3) is 3.32. The average Bonchev–Trinajstić information content (AvgIpc) is 2.04. The van der Waals surface area contributed by atoms with Gasteiger partial charge in [-0.05, 0) is 36.6 Å². The molecular formula is C9H19N3. The van der Waals surface area contributed by atoms with Gasteiger partial charge < -0.3 is 17.2 Å². The van der Waals surface area contributed by atoms with E-state index >= 15 is 0 Å². The second-order valence-corrected chi connectivity index (χ2v) is 2.82. The van der Waals surface area contributed by atoms with Crippen molar-refractivity contribution in [3.05, 3.63) is 23.7 Å². The molecule has 0 unspecified atom stereocenters. The van der Waals surface area contributed by atoms with E-state index in [4.69, 9.17) is 17.2 Å². The molecule has 0 aromatic rings. The number of nitrogens with two attached hydrogens (primary N) is 3. The van der Waals surface area contributed by atoms with Gasteiger partial charge >= 0.3 is 0 Å². The van der Waals surface area contributed by atoms with E-state index in [0.717, 1.165) is 18.4 Å². The second kappa shape index (κ2) is 5.52. The van der Waals surface area contributed by atoms with Gasteiger partial charge in [-0.3, -0.25) is 0 Å². The minimum absolute atomic E-state index is 0.318. The highest BCUT2D eigenvalue weighted by atomic mass is 14.8. The van der Waals surface area contributed by atoms with E-state index in [-0.39, 0.29) is 0 Å². The Kier molecular flexibility index (Phi) is 5.00. The highest BCUT2D eigenvalue weighted by Gasteiger charge is 2.06. The predicted molar refractivity (Wildman–Crippen MR) is 52.8 cm³/mol. The molecule has 70 valence electrons. The molecule has 0 atom stereocenters. The zero-order valence-electron chi connectivity index (χ0n) is 7.88. The maximum atomic E-state index is 5.46. The summed E-state index contributed by atoms with van der Waals surface area (Å²) in [4.78, 5) is 0. The first-order valence-electron chi connectivity index (χ1n) is 4.30. The van der Waals surface area contributed by atoms with Gasteiger partial charge in [0.05, 0.1) is 5.82 Å². The molecule has 0 aromatic heterocycles. The topological polar surface area (TPSA) is 78.1 Å². The van der Waals surface area contributed by atoms with Crippen LogP contribution in [-0.4, -0.2) is 0 Å². The van der Waals surface area contributed by atoms with Gasteiger partial charge in [0.2, 0.25) is 0 Å². The molecule has 0 aliphatic heterocycles. The van der Waals surface area contributed by atoms with Gasteiger partial charge in [-0.15, -0.1) is 0 Å². The van der Waals surface area contributed by atoms with Crippen LogP contribution in [0.25, 0.3) is 0 Å². The number of hydrogen-bond acceptors (Lipinski definition) is 3. The van der Waals surface area contributed by atoms with E-state index < -0.39 is 0 Å². The predicted octanol–water partition coefficient (Wildman–Crippen LogP) is 1.02. The van der Waals surface area contributed by atoms with Gasteiger partial charge in [-0.1, -0.05) is 13.8 Å². The first-order chi connectivity index (χ1) is 5.65. The van der Waals surface area contributed by atoms with Gasteiger partial charge in [-0.2, -0.15) is 0 Å². The molecule has 0 rings (SSSR count). The van der Waals surface area contributed by atoms with Gasteiger partial charge in [0.25, 0.3) is 0 Å². The second-order valence-electron chi connectivity index (χ2n) is 2.82. The SMILES string of the molecule is CCC(CC)/C(C=C(N)N)=C/N. The summed E-state index contributed by atoms with van der Waals surface area (Å²) in [6.07, 6.45) is 5.43. The first kappa shape index (κ1) is 10.9. The maximum absolute atomic E-state index is 5.46. The Balaban J connectivity index is 4.45. The Morgan fingerprint density at radius 1 is 1.25 bits per heavy atom. The molecule has 12 heavy (non-hydrogen) atoms. The van der Waals surface area contributed by atoms with Gasteiger partial charge in [0.1, 0.15) is 0 Å². The van der Waals surface area contributed by atoms with Crippen molar-refractivity contribution in [2.45, 2.75) is 26.7 Å². The van der Waals surface area contributed by atoms with Crippen LogP contribution >= 0.6 is 0 Å². The quantitative estimate of drug-likeness (QED) is 0.550. The fourth-order valence-corrected chi connectivity index (χ4v) is 1.25. The van der Waals surface area contributed by atoms with Crippen molar-refractivity contribution in [1.29, 1.82) is 0 Å². The zero-order chi connectivity index (χ0) is 9.56. The van der Waals surface area contributed by atoms with Gasteiger partial charge in [0, 0.05) is 0 Å². The molecule has 0 saturated carbocycles. The molecule has 0 fully saturated rings. The minimum atomic E-state index is 0.318. The smallest absolute Gasteiger partial charge is 0.0936 e. The van der Waals surface area contributed by atoms with Gasteiger partial charge in [-0.25, -0.2) is 0 Å². The lowest BCUT2D eigenvalue weighted by Gasteiger charge is -2.13. The van der Waals surface area contributed by atoms with Gasteiger partial charge in [0.15, 0.2) is 0 Å². The van der Waals surface area contributed by atoms with E-state index in [2.05, 4.69) is 13.8 Å². The molecule has 0 spiro atoms. The van der Waals surface area contributed by atoms with Crippen molar-refractivity contribution >= 4 is 0 Å². The van der Waals surface area contributed by atoms with Crippen molar-refractivity contribution in [2.24, 2.45) is 23.1 Å². The molecule has 0 aliphatic rings. The van der Waals surface area contributed by atoms with Crippen LogP contribution in [0, 0.1) is 5.92 Å². The Morgan fingerprint density at radius 3 is 2.00 bits per heavy atom. The standard InChI is InChI=1S/C9H19N3/c1-3-7(4-2)8(6-10)5-9(11)12/h5-7H,3-4,10-12H2,1-2H3/b8-6+.